The van der Waals surface area contributed by atoms with Gasteiger partial charge in [0.15, 0.2) is 0 Å². The molecule has 112 valence electrons. The number of halogens is 1. The lowest BCUT2D eigenvalue weighted by Crippen LogP contribution is -2.18. The van der Waals surface area contributed by atoms with Crippen molar-refractivity contribution >= 4 is 11.6 Å². The molecule has 0 saturated heterocycles. The lowest BCUT2D eigenvalue weighted by atomic mass is 10.1. The fourth-order valence-corrected chi connectivity index (χ4v) is 2.12. The highest BCUT2D eigenvalue weighted by Gasteiger charge is 2.16. The maximum atomic E-state index is 14.0. The van der Waals surface area contributed by atoms with Crippen LogP contribution >= 0.6 is 0 Å². The number of rotatable bonds is 6. The first-order chi connectivity index (χ1) is 10.0. The Morgan fingerprint density at radius 1 is 1.57 bits per heavy atom. The largest absolute Gasteiger partial charge is 0.496 e. The number of hydrogen-bond acceptors (Lipinski definition) is 4. The van der Waals surface area contributed by atoms with Gasteiger partial charge in [-0.1, -0.05) is 6.07 Å². The van der Waals surface area contributed by atoms with Gasteiger partial charge in [0.05, 0.1) is 30.6 Å². The molecule has 1 heterocycles. The van der Waals surface area contributed by atoms with Crippen molar-refractivity contribution in [1.29, 1.82) is 0 Å². The zero-order chi connectivity index (χ0) is 15.4. The van der Waals surface area contributed by atoms with Crippen LogP contribution in [0, 0.1) is 5.82 Å². The minimum absolute atomic E-state index is 0.000913. The van der Waals surface area contributed by atoms with Crippen LogP contribution in [-0.2, 0) is 11.3 Å². The van der Waals surface area contributed by atoms with Crippen LogP contribution in [0.5, 0.6) is 5.75 Å². The molecular formula is C14H17FN4O2. The van der Waals surface area contributed by atoms with E-state index < -0.39 is 5.91 Å². The number of carbonyl (C=O) groups is 1. The van der Waals surface area contributed by atoms with Gasteiger partial charge in [-0.2, -0.15) is 5.10 Å². The Bertz CT molecular complexity index is 642. The zero-order valence-corrected chi connectivity index (χ0v) is 11.8. The van der Waals surface area contributed by atoms with Crippen molar-refractivity contribution in [3.8, 4) is 5.75 Å². The lowest BCUT2D eigenvalue weighted by Gasteiger charge is -2.17. The summed E-state index contributed by atoms with van der Waals surface area (Å²) in [7, 11) is 1.50. The minimum atomic E-state index is -0.478. The van der Waals surface area contributed by atoms with Gasteiger partial charge in [0.2, 0.25) is 5.91 Å². The fraction of sp³-hybridized carbons (Fsp3) is 0.286. The number of primary amides is 1. The van der Waals surface area contributed by atoms with Crippen LogP contribution in [0.25, 0.3) is 0 Å². The van der Waals surface area contributed by atoms with Gasteiger partial charge >= 0.3 is 0 Å². The molecule has 1 atom stereocenters. The Hall–Kier alpha value is -2.57. The van der Waals surface area contributed by atoms with E-state index >= 15 is 0 Å². The summed E-state index contributed by atoms with van der Waals surface area (Å²) in [6.07, 6.45) is 3.18. The Morgan fingerprint density at radius 2 is 2.33 bits per heavy atom. The number of hydrogen-bond donors (Lipinski definition) is 2. The average Bonchev–Trinajstić information content (AvgIpc) is 2.84. The van der Waals surface area contributed by atoms with Crippen LogP contribution < -0.4 is 15.8 Å². The second kappa shape index (κ2) is 6.25. The van der Waals surface area contributed by atoms with Gasteiger partial charge in [-0.15, -0.1) is 0 Å². The number of nitrogens with two attached hydrogens (primary N) is 1. The number of nitrogens with one attached hydrogen (secondary N) is 1. The van der Waals surface area contributed by atoms with Gasteiger partial charge in [0.25, 0.3) is 0 Å². The summed E-state index contributed by atoms with van der Waals surface area (Å²) in [6.45, 7) is 1.81. The molecule has 0 aliphatic heterocycles. The number of aromatic nitrogens is 2. The van der Waals surface area contributed by atoms with Crippen molar-refractivity contribution in [2.24, 2.45) is 5.73 Å². The summed E-state index contributed by atoms with van der Waals surface area (Å²) in [5.41, 5.74) is 6.19. The smallest absolute Gasteiger partial charge is 0.239 e. The molecule has 0 fully saturated rings. The van der Waals surface area contributed by atoms with Crippen LogP contribution in [0.4, 0.5) is 10.1 Å². The summed E-state index contributed by atoms with van der Waals surface area (Å²) in [6, 6.07) is 4.35. The quantitative estimate of drug-likeness (QED) is 0.849. The molecule has 0 spiro atoms. The Kier molecular flexibility index (Phi) is 4.42. The van der Waals surface area contributed by atoms with E-state index in [1.165, 1.54) is 17.9 Å². The average molecular weight is 292 g/mol. The van der Waals surface area contributed by atoms with Gasteiger partial charge in [-0.05, 0) is 19.1 Å². The third kappa shape index (κ3) is 3.50. The molecule has 0 radical (unpaired) electrons. The lowest BCUT2D eigenvalue weighted by molar-refractivity contribution is -0.118. The van der Waals surface area contributed by atoms with Crippen molar-refractivity contribution in [2.45, 2.75) is 19.5 Å². The van der Waals surface area contributed by atoms with E-state index in [1.54, 1.807) is 24.5 Å². The summed E-state index contributed by atoms with van der Waals surface area (Å²) >= 11 is 0. The van der Waals surface area contributed by atoms with E-state index in [9.17, 15) is 9.18 Å². The molecule has 0 bridgehead atoms. The summed E-state index contributed by atoms with van der Waals surface area (Å²) in [5, 5.41) is 7.11. The van der Waals surface area contributed by atoms with E-state index in [-0.39, 0.29) is 18.4 Å². The van der Waals surface area contributed by atoms with Gasteiger partial charge in [0, 0.05) is 6.20 Å². The highest BCUT2D eigenvalue weighted by atomic mass is 19.1. The van der Waals surface area contributed by atoms with E-state index in [4.69, 9.17) is 10.5 Å². The normalized spacial score (nSPS) is 12.0. The molecular weight excluding hydrogens is 275 g/mol. The van der Waals surface area contributed by atoms with Gasteiger partial charge in [-0.25, -0.2) is 4.39 Å². The Morgan fingerprint density at radius 3 is 3.00 bits per heavy atom. The predicted molar refractivity (Wildman–Crippen MR) is 76.4 cm³/mol. The highest BCUT2D eigenvalue weighted by Crippen LogP contribution is 2.29. The van der Waals surface area contributed by atoms with Crippen LogP contribution in [0.1, 0.15) is 18.5 Å². The molecule has 3 N–H and O–H groups in total. The number of anilines is 1. The first kappa shape index (κ1) is 14.8. The van der Waals surface area contributed by atoms with E-state index in [0.29, 0.717) is 17.0 Å². The molecule has 0 saturated carbocycles. The Balaban J connectivity index is 2.16. The molecule has 21 heavy (non-hydrogen) atoms. The van der Waals surface area contributed by atoms with Gasteiger partial charge in [0.1, 0.15) is 18.1 Å². The number of carbonyl (C=O) groups excluding carboxylic acids is 1. The minimum Gasteiger partial charge on any atom is -0.496 e. The van der Waals surface area contributed by atoms with E-state index in [1.807, 2.05) is 6.92 Å². The summed E-state index contributed by atoms with van der Waals surface area (Å²) < 4.78 is 20.6. The van der Waals surface area contributed by atoms with Crippen LogP contribution in [0.3, 0.4) is 0 Å². The zero-order valence-electron chi connectivity index (χ0n) is 11.8. The van der Waals surface area contributed by atoms with Gasteiger partial charge < -0.3 is 15.8 Å². The molecule has 2 aromatic rings. The standard InChI is InChI=1S/C14H17FN4O2/c1-9(14-11(15)4-3-5-12(14)21-2)18-10-6-17-19(7-10)8-13(16)20/h3-7,9,18H,8H2,1-2H3,(H2,16,20). The molecule has 1 aromatic carbocycles. The van der Waals surface area contributed by atoms with Crippen molar-refractivity contribution in [3.05, 3.63) is 42.0 Å². The molecule has 7 heteroatoms. The SMILES string of the molecule is COc1cccc(F)c1C(C)Nc1cnn(CC(N)=O)c1. The van der Waals surface area contributed by atoms with Crippen molar-refractivity contribution < 1.29 is 13.9 Å². The molecule has 6 nitrogen and oxygen atoms in total. The van der Waals surface area contributed by atoms with Crippen molar-refractivity contribution in [1.82, 2.24) is 9.78 Å². The first-order valence-corrected chi connectivity index (χ1v) is 6.41. The number of benzene rings is 1. The number of methoxy groups -OCH3 is 1. The molecule has 0 aliphatic rings. The molecule has 0 aliphatic carbocycles. The van der Waals surface area contributed by atoms with Crippen molar-refractivity contribution in [3.63, 3.8) is 0 Å². The van der Waals surface area contributed by atoms with Crippen LogP contribution in [0.2, 0.25) is 0 Å². The van der Waals surface area contributed by atoms with Gasteiger partial charge in [-0.3, -0.25) is 9.48 Å². The monoisotopic (exact) mass is 292 g/mol. The van der Waals surface area contributed by atoms with Crippen LogP contribution in [-0.4, -0.2) is 22.8 Å². The molecule has 2 rings (SSSR count). The molecule has 1 aromatic heterocycles. The Labute approximate surface area is 121 Å². The van der Waals surface area contributed by atoms with Crippen molar-refractivity contribution in [2.75, 3.05) is 12.4 Å². The summed E-state index contributed by atoms with van der Waals surface area (Å²) in [5.74, 6) is -0.355. The fourth-order valence-electron chi connectivity index (χ4n) is 2.12. The third-order valence-corrected chi connectivity index (χ3v) is 3.00. The molecule has 1 amide bonds. The van der Waals surface area contributed by atoms with E-state index in [0.717, 1.165) is 0 Å². The second-order valence-electron chi connectivity index (χ2n) is 4.61. The third-order valence-electron chi connectivity index (χ3n) is 3.00. The number of amides is 1. The maximum Gasteiger partial charge on any atom is 0.239 e. The number of nitrogens with zero attached hydrogens (tertiary/aromatic N) is 2. The highest BCUT2D eigenvalue weighted by molar-refractivity contribution is 5.73. The number of ether oxygens (including phenoxy) is 1. The topological polar surface area (TPSA) is 82.2 Å². The van der Waals surface area contributed by atoms with E-state index in [2.05, 4.69) is 10.4 Å². The first-order valence-electron chi connectivity index (χ1n) is 6.41. The second-order valence-corrected chi connectivity index (χ2v) is 4.61. The summed E-state index contributed by atoms with van der Waals surface area (Å²) in [4.78, 5) is 10.8. The maximum absolute atomic E-state index is 14.0. The predicted octanol–water partition coefficient (Wildman–Crippen LogP) is 1.69. The molecule has 1 unspecified atom stereocenters. The van der Waals surface area contributed by atoms with Crippen LogP contribution in [0.15, 0.2) is 30.6 Å².